The highest BCUT2D eigenvalue weighted by Crippen LogP contribution is 2.26. The van der Waals surface area contributed by atoms with E-state index < -0.39 is 0 Å². The Bertz CT molecular complexity index is 609. The predicted molar refractivity (Wildman–Crippen MR) is 88.3 cm³/mol. The molecule has 6 nitrogen and oxygen atoms in total. The van der Waals surface area contributed by atoms with Crippen LogP contribution in [0.3, 0.4) is 0 Å². The lowest BCUT2D eigenvalue weighted by Gasteiger charge is -2.26. The van der Waals surface area contributed by atoms with Gasteiger partial charge in [0.15, 0.2) is 0 Å². The number of carbonyl (C=O) groups excluding carboxylic acids is 2. The largest absolute Gasteiger partial charge is 0.492 e. The number of morpholine rings is 1. The predicted octanol–water partition coefficient (Wildman–Crippen LogP) is 1.72. The highest BCUT2D eigenvalue weighted by molar-refractivity contribution is 8.18. The molecule has 3 rings (SSSR count). The maximum atomic E-state index is 11.5. The maximum absolute atomic E-state index is 11.5. The summed E-state index contributed by atoms with van der Waals surface area (Å²) < 4.78 is 11.0. The van der Waals surface area contributed by atoms with E-state index in [1.165, 1.54) is 0 Å². The van der Waals surface area contributed by atoms with Crippen LogP contribution >= 0.6 is 11.8 Å². The van der Waals surface area contributed by atoms with E-state index in [2.05, 4.69) is 10.2 Å². The summed E-state index contributed by atoms with van der Waals surface area (Å²) in [5.41, 5.74) is 0.859. The van der Waals surface area contributed by atoms with Crippen molar-refractivity contribution >= 4 is 29.0 Å². The molecule has 2 saturated heterocycles. The molecule has 2 amide bonds. The standard InChI is InChI=1S/C16H18N2O4S/c19-15-14(23-16(20)17-15)11-12-1-3-13(4-2-12)22-10-7-18-5-8-21-9-6-18/h1-4,11H,5-10H2,(H,17,19,20). The van der Waals surface area contributed by atoms with E-state index in [4.69, 9.17) is 9.47 Å². The smallest absolute Gasteiger partial charge is 0.290 e. The number of hydrogen-bond donors (Lipinski definition) is 1. The summed E-state index contributed by atoms with van der Waals surface area (Å²) in [5, 5.41) is 1.91. The summed E-state index contributed by atoms with van der Waals surface area (Å²) in [6.45, 7) is 5.00. The number of nitrogens with zero attached hydrogens (tertiary/aromatic N) is 1. The number of nitrogens with one attached hydrogen (secondary N) is 1. The Kier molecular flexibility index (Phi) is 5.32. The fourth-order valence-corrected chi connectivity index (χ4v) is 3.03. The molecule has 2 fully saturated rings. The van der Waals surface area contributed by atoms with Crippen LogP contribution in [0.15, 0.2) is 29.2 Å². The average Bonchev–Trinajstić information content (AvgIpc) is 2.88. The number of ether oxygens (including phenoxy) is 2. The third-order valence-electron chi connectivity index (χ3n) is 3.60. The third-order valence-corrected chi connectivity index (χ3v) is 4.41. The molecule has 2 aliphatic rings. The Morgan fingerprint density at radius 3 is 2.61 bits per heavy atom. The van der Waals surface area contributed by atoms with Crippen LogP contribution in [0, 0.1) is 0 Å². The van der Waals surface area contributed by atoms with Gasteiger partial charge in [-0.15, -0.1) is 0 Å². The van der Waals surface area contributed by atoms with Crippen LogP contribution in [-0.4, -0.2) is 55.5 Å². The van der Waals surface area contributed by atoms with E-state index in [1.54, 1.807) is 6.08 Å². The van der Waals surface area contributed by atoms with Gasteiger partial charge in [0.1, 0.15) is 12.4 Å². The molecule has 2 heterocycles. The van der Waals surface area contributed by atoms with Crippen molar-refractivity contribution in [3.63, 3.8) is 0 Å². The molecule has 0 spiro atoms. The molecule has 7 heteroatoms. The lowest BCUT2D eigenvalue weighted by molar-refractivity contribution is -0.115. The zero-order valence-electron chi connectivity index (χ0n) is 12.6. The highest BCUT2D eigenvalue weighted by Gasteiger charge is 2.24. The molecule has 122 valence electrons. The molecular weight excluding hydrogens is 316 g/mol. The minimum Gasteiger partial charge on any atom is -0.492 e. The molecule has 1 N–H and O–H groups in total. The number of thioether (sulfide) groups is 1. The van der Waals surface area contributed by atoms with Crippen molar-refractivity contribution in [1.29, 1.82) is 0 Å². The Hall–Kier alpha value is -1.83. The van der Waals surface area contributed by atoms with Gasteiger partial charge in [0.05, 0.1) is 18.1 Å². The van der Waals surface area contributed by atoms with E-state index in [0.717, 1.165) is 55.9 Å². The number of amides is 2. The van der Waals surface area contributed by atoms with Crippen LogP contribution in [-0.2, 0) is 9.53 Å². The van der Waals surface area contributed by atoms with Crippen LogP contribution in [0.2, 0.25) is 0 Å². The van der Waals surface area contributed by atoms with Gasteiger partial charge in [0.2, 0.25) is 0 Å². The van der Waals surface area contributed by atoms with Gasteiger partial charge in [-0.25, -0.2) is 0 Å². The van der Waals surface area contributed by atoms with Crippen LogP contribution in [0.25, 0.3) is 6.08 Å². The van der Waals surface area contributed by atoms with Gasteiger partial charge >= 0.3 is 0 Å². The van der Waals surface area contributed by atoms with E-state index in [9.17, 15) is 9.59 Å². The highest BCUT2D eigenvalue weighted by atomic mass is 32.2. The van der Waals surface area contributed by atoms with Crippen LogP contribution < -0.4 is 10.1 Å². The molecule has 0 atom stereocenters. The topological polar surface area (TPSA) is 67.9 Å². The first-order valence-electron chi connectivity index (χ1n) is 7.48. The SMILES string of the molecule is O=C1NC(=O)C(=Cc2ccc(OCCN3CCOCC3)cc2)S1. The first-order chi connectivity index (χ1) is 11.2. The molecule has 0 radical (unpaired) electrons. The number of imide groups is 1. The second-order valence-electron chi connectivity index (χ2n) is 5.22. The monoisotopic (exact) mass is 334 g/mol. The zero-order valence-corrected chi connectivity index (χ0v) is 13.4. The fourth-order valence-electron chi connectivity index (χ4n) is 2.35. The second kappa shape index (κ2) is 7.63. The number of hydrogen-bond acceptors (Lipinski definition) is 6. The van der Waals surface area contributed by atoms with E-state index in [0.29, 0.717) is 11.5 Å². The van der Waals surface area contributed by atoms with Gasteiger partial charge in [-0.2, -0.15) is 0 Å². The van der Waals surface area contributed by atoms with Crippen molar-refractivity contribution < 1.29 is 19.1 Å². The lowest BCUT2D eigenvalue weighted by atomic mass is 10.2. The average molecular weight is 334 g/mol. The van der Waals surface area contributed by atoms with Gasteiger partial charge in [0.25, 0.3) is 11.1 Å². The van der Waals surface area contributed by atoms with Crippen LogP contribution in [0.4, 0.5) is 4.79 Å². The van der Waals surface area contributed by atoms with E-state index in [-0.39, 0.29) is 11.1 Å². The van der Waals surface area contributed by atoms with Crippen molar-refractivity contribution in [2.75, 3.05) is 39.5 Å². The van der Waals surface area contributed by atoms with Gasteiger partial charge < -0.3 is 9.47 Å². The summed E-state index contributed by atoms with van der Waals surface area (Å²) >= 11 is 0.917. The molecule has 23 heavy (non-hydrogen) atoms. The van der Waals surface area contributed by atoms with Crippen LogP contribution in [0.5, 0.6) is 5.75 Å². The summed E-state index contributed by atoms with van der Waals surface area (Å²) in [6.07, 6.45) is 1.70. The molecule has 2 aliphatic heterocycles. The lowest BCUT2D eigenvalue weighted by Crippen LogP contribution is -2.38. The first kappa shape index (κ1) is 16.0. The van der Waals surface area contributed by atoms with Crippen molar-refractivity contribution in [2.24, 2.45) is 0 Å². The molecule has 1 aromatic carbocycles. The van der Waals surface area contributed by atoms with E-state index in [1.807, 2.05) is 24.3 Å². The summed E-state index contributed by atoms with van der Waals surface area (Å²) in [7, 11) is 0. The normalized spacial score (nSPS) is 20.8. The van der Waals surface area contributed by atoms with Gasteiger partial charge in [-0.1, -0.05) is 12.1 Å². The number of rotatable bonds is 5. The van der Waals surface area contributed by atoms with Gasteiger partial charge in [0, 0.05) is 19.6 Å². The minimum absolute atomic E-state index is 0.329. The molecular formula is C16H18N2O4S. The molecule has 1 aromatic rings. The molecule has 0 aromatic heterocycles. The molecule has 0 saturated carbocycles. The third kappa shape index (κ3) is 4.57. The van der Waals surface area contributed by atoms with Gasteiger partial charge in [-0.05, 0) is 35.5 Å². The van der Waals surface area contributed by atoms with Crippen LogP contribution in [0.1, 0.15) is 5.56 Å². The molecule has 0 aliphatic carbocycles. The Morgan fingerprint density at radius 1 is 1.22 bits per heavy atom. The van der Waals surface area contributed by atoms with Crippen molar-refractivity contribution in [3.8, 4) is 5.75 Å². The zero-order chi connectivity index (χ0) is 16.1. The minimum atomic E-state index is -0.342. The summed E-state index contributed by atoms with van der Waals surface area (Å²) in [5.74, 6) is 0.450. The Labute approximate surface area is 138 Å². The fraction of sp³-hybridized carbons (Fsp3) is 0.375. The summed E-state index contributed by atoms with van der Waals surface area (Å²) in [6, 6.07) is 7.47. The van der Waals surface area contributed by atoms with Crippen molar-refractivity contribution in [3.05, 3.63) is 34.7 Å². The summed E-state index contributed by atoms with van der Waals surface area (Å²) in [4.78, 5) is 25.3. The molecule has 0 unspecified atom stereocenters. The van der Waals surface area contributed by atoms with Crippen molar-refractivity contribution in [1.82, 2.24) is 10.2 Å². The van der Waals surface area contributed by atoms with E-state index >= 15 is 0 Å². The Balaban J connectivity index is 1.50. The first-order valence-corrected chi connectivity index (χ1v) is 8.30. The van der Waals surface area contributed by atoms with Crippen molar-refractivity contribution in [2.45, 2.75) is 0 Å². The van der Waals surface area contributed by atoms with Gasteiger partial charge in [-0.3, -0.25) is 19.8 Å². The molecule has 0 bridgehead atoms. The number of benzene rings is 1. The maximum Gasteiger partial charge on any atom is 0.290 e. The Morgan fingerprint density at radius 2 is 1.96 bits per heavy atom. The number of carbonyl (C=O) groups is 2. The quantitative estimate of drug-likeness (QED) is 0.827. The second-order valence-corrected chi connectivity index (χ2v) is 6.24.